The van der Waals surface area contributed by atoms with Crippen LogP contribution in [-0.4, -0.2) is 37.8 Å². The summed E-state index contributed by atoms with van der Waals surface area (Å²) >= 11 is 0. The number of amides is 1. The van der Waals surface area contributed by atoms with E-state index in [1.54, 1.807) is 48.5 Å². The van der Waals surface area contributed by atoms with Crippen molar-refractivity contribution in [3.8, 4) is 6.07 Å². The monoisotopic (exact) mass is 489 g/mol. The Hall–Kier alpha value is -4.00. The molecule has 3 aromatic carbocycles. The van der Waals surface area contributed by atoms with Crippen molar-refractivity contribution in [1.29, 1.82) is 5.26 Å². The lowest BCUT2D eigenvalue weighted by molar-refractivity contribution is -0.148. The number of hydrogen-bond acceptors (Lipinski definition) is 6. The van der Waals surface area contributed by atoms with E-state index >= 15 is 0 Å². The van der Waals surface area contributed by atoms with Crippen molar-refractivity contribution in [2.24, 2.45) is 0 Å². The van der Waals surface area contributed by atoms with Gasteiger partial charge in [-0.3, -0.25) is 9.59 Å². The molecule has 0 bridgehead atoms. The van der Waals surface area contributed by atoms with Crippen molar-refractivity contribution >= 4 is 27.6 Å². The summed E-state index contributed by atoms with van der Waals surface area (Å²) in [6.45, 7) is -0.337. The number of carbonyl (C=O) groups is 2. The quantitative estimate of drug-likeness (QED) is 0.509. The van der Waals surface area contributed by atoms with Crippen LogP contribution in [0.4, 0.5) is 5.69 Å². The van der Waals surface area contributed by atoms with E-state index in [1.165, 1.54) is 16.4 Å². The predicted molar refractivity (Wildman–Crippen MR) is 129 cm³/mol. The van der Waals surface area contributed by atoms with Crippen LogP contribution in [0.25, 0.3) is 0 Å². The van der Waals surface area contributed by atoms with E-state index in [1.807, 2.05) is 24.3 Å². The van der Waals surface area contributed by atoms with Gasteiger partial charge in [0.1, 0.15) is 6.07 Å². The highest BCUT2D eigenvalue weighted by Crippen LogP contribution is 2.36. The third kappa shape index (κ3) is 5.40. The molecule has 0 spiro atoms. The van der Waals surface area contributed by atoms with Crippen LogP contribution in [0.3, 0.4) is 0 Å². The lowest BCUT2D eigenvalue weighted by Gasteiger charge is -2.36. The Morgan fingerprint density at radius 2 is 1.69 bits per heavy atom. The van der Waals surface area contributed by atoms with Crippen molar-refractivity contribution in [3.63, 3.8) is 0 Å². The first-order valence-electron chi connectivity index (χ1n) is 11.0. The predicted octanol–water partition coefficient (Wildman–Crippen LogP) is 3.42. The number of rotatable bonds is 7. The lowest BCUT2D eigenvalue weighted by Crippen LogP contribution is -2.41. The van der Waals surface area contributed by atoms with Gasteiger partial charge in [0.25, 0.3) is 5.91 Å². The Labute approximate surface area is 203 Å². The molecule has 0 radical (unpaired) electrons. The number of nitrogens with one attached hydrogen (secondary N) is 1. The molecule has 1 N–H and O–H groups in total. The van der Waals surface area contributed by atoms with Crippen molar-refractivity contribution in [2.45, 2.75) is 23.8 Å². The molecule has 0 saturated carbocycles. The highest BCUT2D eigenvalue weighted by Gasteiger charge is 2.37. The van der Waals surface area contributed by atoms with Gasteiger partial charge in [0, 0.05) is 6.54 Å². The lowest BCUT2D eigenvalue weighted by atomic mass is 9.92. The maximum Gasteiger partial charge on any atom is 0.308 e. The molecule has 1 amide bonds. The van der Waals surface area contributed by atoms with Gasteiger partial charge in [-0.2, -0.15) is 9.57 Å². The molecular weight excluding hydrogens is 466 g/mol. The van der Waals surface area contributed by atoms with Gasteiger partial charge >= 0.3 is 5.97 Å². The summed E-state index contributed by atoms with van der Waals surface area (Å²) in [5.41, 5.74) is 2.31. The number of carbonyl (C=O) groups excluding carboxylic acids is 2. The topological polar surface area (TPSA) is 117 Å². The minimum Gasteiger partial charge on any atom is -0.456 e. The van der Waals surface area contributed by atoms with E-state index in [-0.39, 0.29) is 23.4 Å². The highest BCUT2D eigenvalue weighted by molar-refractivity contribution is 7.89. The normalized spacial score (nSPS) is 15.5. The van der Waals surface area contributed by atoms with Crippen LogP contribution in [0.15, 0.2) is 83.8 Å². The summed E-state index contributed by atoms with van der Waals surface area (Å²) in [6.07, 6.45) is 0.277. The summed E-state index contributed by atoms with van der Waals surface area (Å²) in [7, 11) is -3.86. The smallest absolute Gasteiger partial charge is 0.308 e. The Balaban J connectivity index is 1.49. The van der Waals surface area contributed by atoms with Crippen molar-refractivity contribution < 1.29 is 22.7 Å². The number of nitrogens with zero attached hydrogens (tertiary/aromatic N) is 2. The number of fused-ring (bicyclic) bond motifs is 1. The maximum atomic E-state index is 13.4. The number of para-hydroxylation sites is 1. The van der Waals surface area contributed by atoms with E-state index < -0.39 is 34.5 Å². The van der Waals surface area contributed by atoms with Crippen LogP contribution < -0.4 is 5.32 Å². The van der Waals surface area contributed by atoms with Crippen LogP contribution in [0, 0.1) is 11.3 Å². The SMILES string of the molecule is N#Cc1ccccc1NC(=O)COC(=O)C[C@H]1c2ccccc2CCN1S(=O)(=O)c1ccccc1. The summed E-state index contributed by atoms with van der Waals surface area (Å²) in [5, 5.41) is 11.7. The van der Waals surface area contributed by atoms with Gasteiger partial charge < -0.3 is 10.1 Å². The van der Waals surface area contributed by atoms with Gasteiger partial charge in [-0.05, 0) is 41.8 Å². The zero-order valence-electron chi connectivity index (χ0n) is 18.8. The third-order valence-corrected chi connectivity index (χ3v) is 7.68. The van der Waals surface area contributed by atoms with Crippen LogP contribution in [-0.2, 0) is 30.8 Å². The van der Waals surface area contributed by atoms with E-state index in [9.17, 15) is 18.0 Å². The summed E-state index contributed by atoms with van der Waals surface area (Å²) < 4.78 is 33.3. The molecule has 178 valence electrons. The summed E-state index contributed by atoms with van der Waals surface area (Å²) in [5.74, 6) is -1.30. The van der Waals surface area contributed by atoms with Gasteiger partial charge in [0.2, 0.25) is 10.0 Å². The van der Waals surface area contributed by atoms with Crippen LogP contribution in [0.5, 0.6) is 0 Å². The zero-order chi connectivity index (χ0) is 24.8. The second-order valence-corrected chi connectivity index (χ2v) is 9.85. The van der Waals surface area contributed by atoms with Gasteiger partial charge in [0.15, 0.2) is 6.61 Å². The Bertz CT molecular complexity index is 1380. The summed E-state index contributed by atoms with van der Waals surface area (Å²) in [6, 6.07) is 23.2. The largest absolute Gasteiger partial charge is 0.456 e. The van der Waals surface area contributed by atoms with Crippen LogP contribution in [0.1, 0.15) is 29.2 Å². The fraction of sp³-hybridized carbons (Fsp3) is 0.192. The maximum absolute atomic E-state index is 13.4. The van der Waals surface area contributed by atoms with E-state index in [0.717, 1.165) is 11.1 Å². The molecule has 0 fully saturated rings. The van der Waals surface area contributed by atoms with Crippen LogP contribution >= 0.6 is 0 Å². The van der Waals surface area contributed by atoms with Gasteiger partial charge in [-0.15, -0.1) is 0 Å². The average molecular weight is 490 g/mol. The molecule has 3 aromatic rings. The second-order valence-electron chi connectivity index (χ2n) is 7.96. The molecule has 0 aromatic heterocycles. The molecule has 1 aliphatic rings. The molecule has 9 heteroatoms. The number of benzene rings is 3. The molecule has 1 aliphatic heterocycles. The minimum absolute atomic E-state index is 0.147. The van der Waals surface area contributed by atoms with Gasteiger partial charge in [-0.1, -0.05) is 54.6 Å². The zero-order valence-corrected chi connectivity index (χ0v) is 19.6. The Morgan fingerprint density at radius 1 is 1.00 bits per heavy atom. The fourth-order valence-electron chi connectivity index (χ4n) is 4.09. The molecule has 0 unspecified atom stereocenters. The molecule has 35 heavy (non-hydrogen) atoms. The number of hydrogen-bond donors (Lipinski definition) is 1. The highest BCUT2D eigenvalue weighted by atomic mass is 32.2. The van der Waals surface area contributed by atoms with Crippen LogP contribution in [0.2, 0.25) is 0 Å². The van der Waals surface area contributed by atoms with Gasteiger partial charge in [-0.25, -0.2) is 8.42 Å². The fourth-order valence-corrected chi connectivity index (χ4v) is 5.72. The Morgan fingerprint density at radius 3 is 2.46 bits per heavy atom. The first-order chi connectivity index (χ1) is 16.9. The van der Waals surface area contributed by atoms with E-state index in [4.69, 9.17) is 10.00 Å². The average Bonchev–Trinajstić information content (AvgIpc) is 2.88. The molecule has 8 nitrogen and oxygen atoms in total. The standard InChI is InChI=1S/C26H23N3O5S/c27-17-20-9-5-7-13-23(20)28-25(30)18-34-26(31)16-24-22-12-6-4-8-19(22)14-15-29(24)35(32,33)21-10-2-1-3-11-21/h1-13,24H,14-16,18H2,(H,28,30)/t24-/m0/s1. The Kier molecular flexibility index (Phi) is 7.25. The first-order valence-corrected chi connectivity index (χ1v) is 12.4. The molecule has 0 saturated heterocycles. The molecule has 4 rings (SSSR count). The number of sulfonamides is 1. The number of nitriles is 1. The van der Waals surface area contributed by atoms with Crippen molar-refractivity contribution in [1.82, 2.24) is 4.31 Å². The molecule has 1 heterocycles. The summed E-state index contributed by atoms with van der Waals surface area (Å²) in [4.78, 5) is 25.2. The first kappa shape index (κ1) is 24.1. The number of esters is 1. The van der Waals surface area contributed by atoms with Crippen molar-refractivity contribution in [2.75, 3.05) is 18.5 Å². The number of ether oxygens (including phenoxy) is 1. The second kappa shape index (κ2) is 10.5. The molecule has 0 aliphatic carbocycles. The molecular formula is C26H23N3O5S. The minimum atomic E-state index is -3.86. The molecule has 1 atom stereocenters. The van der Waals surface area contributed by atoms with E-state index in [2.05, 4.69) is 5.32 Å². The van der Waals surface area contributed by atoms with E-state index in [0.29, 0.717) is 12.1 Å². The number of anilines is 1. The third-order valence-electron chi connectivity index (χ3n) is 5.76. The van der Waals surface area contributed by atoms with Gasteiger partial charge in [0.05, 0.1) is 28.6 Å². The van der Waals surface area contributed by atoms with Crippen molar-refractivity contribution in [3.05, 3.63) is 95.6 Å².